The minimum atomic E-state index is -4.53. The Balaban J connectivity index is 0.00000225. The van der Waals surface area contributed by atoms with E-state index in [-0.39, 0.29) is 24.6 Å². The quantitative estimate of drug-likeness (QED) is 0.772. The molecule has 0 bridgehead atoms. The van der Waals surface area contributed by atoms with Gasteiger partial charge in [-0.1, -0.05) is 12.1 Å². The minimum Gasteiger partial charge on any atom is -0.332 e. The molecule has 25 heavy (non-hydrogen) atoms. The Labute approximate surface area is 148 Å². The number of urea groups is 1. The summed E-state index contributed by atoms with van der Waals surface area (Å²) in [4.78, 5) is 11.9. The van der Waals surface area contributed by atoms with Crippen molar-refractivity contribution in [3.63, 3.8) is 0 Å². The summed E-state index contributed by atoms with van der Waals surface area (Å²) in [5.41, 5.74) is 0.508. The van der Waals surface area contributed by atoms with Gasteiger partial charge in [-0.3, -0.25) is 4.68 Å². The van der Waals surface area contributed by atoms with E-state index in [0.29, 0.717) is 12.2 Å². The van der Waals surface area contributed by atoms with Gasteiger partial charge in [0.25, 0.3) is 0 Å². The van der Waals surface area contributed by atoms with Crippen LogP contribution in [0.25, 0.3) is 0 Å². The Morgan fingerprint density at radius 3 is 2.80 bits per heavy atom. The number of aromatic nitrogens is 2. The van der Waals surface area contributed by atoms with Crippen LogP contribution in [0.3, 0.4) is 0 Å². The van der Waals surface area contributed by atoms with Crippen LogP contribution in [0.5, 0.6) is 0 Å². The lowest BCUT2D eigenvalue weighted by Gasteiger charge is -2.14. The Kier molecular flexibility index (Phi) is 5.91. The Bertz CT molecular complexity index is 724. The van der Waals surface area contributed by atoms with Crippen molar-refractivity contribution in [3.05, 3.63) is 47.3 Å². The predicted octanol–water partition coefficient (Wildman–Crippen LogP) is 2.75. The third-order valence-corrected chi connectivity index (χ3v) is 3.63. The Morgan fingerprint density at radius 1 is 1.32 bits per heavy atom. The van der Waals surface area contributed by atoms with Gasteiger partial charge in [-0.2, -0.15) is 18.3 Å². The smallest absolute Gasteiger partial charge is 0.332 e. The molecule has 1 aromatic carbocycles. The molecule has 0 atom stereocenters. The second-order valence-corrected chi connectivity index (χ2v) is 5.38. The van der Waals surface area contributed by atoms with E-state index < -0.39 is 17.8 Å². The van der Waals surface area contributed by atoms with Crippen LogP contribution < -0.4 is 16.0 Å². The summed E-state index contributed by atoms with van der Waals surface area (Å²) in [5.74, 6) is 0. The van der Waals surface area contributed by atoms with E-state index in [0.717, 1.165) is 24.8 Å². The number of fused-ring (bicyclic) bond motifs is 1. The molecule has 10 heteroatoms. The second kappa shape index (κ2) is 7.75. The van der Waals surface area contributed by atoms with Crippen molar-refractivity contribution in [1.29, 1.82) is 0 Å². The van der Waals surface area contributed by atoms with E-state index in [9.17, 15) is 18.0 Å². The van der Waals surface area contributed by atoms with Gasteiger partial charge in [0.05, 0.1) is 35.7 Å². The van der Waals surface area contributed by atoms with Gasteiger partial charge < -0.3 is 16.0 Å². The maximum atomic E-state index is 12.9. The molecule has 1 aliphatic rings. The van der Waals surface area contributed by atoms with Crippen LogP contribution in [0, 0.1) is 0 Å². The fourth-order valence-electron chi connectivity index (χ4n) is 2.52. The van der Waals surface area contributed by atoms with E-state index >= 15 is 0 Å². The number of carbonyl (C=O) groups excluding carboxylic acids is 1. The summed E-state index contributed by atoms with van der Waals surface area (Å²) in [6, 6.07) is 5.98. The molecule has 1 aliphatic heterocycles. The highest BCUT2D eigenvalue weighted by molar-refractivity contribution is 5.90. The molecule has 3 N–H and O–H groups in total. The maximum absolute atomic E-state index is 12.9. The zero-order valence-electron chi connectivity index (χ0n) is 13.1. The largest absolute Gasteiger partial charge is 0.418 e. The number of amides is 2. The number of hydrogen-bond acceptors (Lipinski definition) is 3. The molecule has 2 aromatic rings. The number of hydrogen-bond donors (Lipinski definition) is 3. The third kappa shape index (κ3) is 4.64. The van der Waals surface area contributed by atoms with Crippen molar-refractivity contribution in [2.24, 2.45) is 0 Å². The molecule has 0 unspecified atom stereocenters. The van der Waals surface area contributed by atoms with Crippen molar-refractivity contribution < 1.29 is 18.0 Å². The molecule has 0 saturated carbocycles. The number of benzene rings is 1. The molecule has 0 saturated heterocycles. The molecule has 0 radical (unpaired) electrons. The van der Waals surface area contributed by atoms with Crippen molar-refractivity contribution >= 4 is 24.1 Å². The topological polar surface area (TPSA) is 71.0 Å². The van der Waals surface area contributed by atoms with Crippen LogP contribution in [0.1, 0.15) is 17.0 Å². The number of anilines is 1. The SMILES string of the molecule is Cl.O=C(NCc1cc2n(n1)CCNC2)Nc1ccccc1C(F)(F)F. The minimum absolute atomic E-state index is 0. The van der Waals surface area contributed by atoms with Gasteiger partial charge in [-0.05, 0) is 18.2 Å². The third-order valence-electron chi connectivity index (χ3n) is 3.63. The highest BCUT2D eigenvalue weighted by atomic mass is 35.5. The van der Waals surface area contributed by atoms with E-state index in [2.05, 4.69) is 21.0 Å². The summed E-state index contributed by atoms with van der Waals surface area (Å²) >= 11 is 0. The number of nitrogens with one attached hydrogen (secondary N) is 3. The summed E-state index contributed by atoms with van der Waals surface area (Å²) < 4.78 is 40.5. The highest BCUT2D eigenvalue weighted by Gasteiger charge is 2.33. The van der Waals surface area contributed by atoms with Crippen molar-refractivity contribution in [3.8, 4) is 0 Å². The molecule has 6 nitrogen and oxygen atoms in total. The predicted molar refractivity (Wildman–Crippen MR) is 88.5 cm³/mol. The van der Waals surface area contributed by atoms with Gasteiger partial charge in [0, 0.05) is 13.1 Å². The summed E-state index contributed by atoms with van der Waals surface area (Å²) in [7, 11) is 0. The van der Waals surface area contributed by atoms with Crippen molar-refractivity contribution in [2.75, 3.05) is 11.9 Å². The number of alkyl halides is 3. The monoisotopic (exact) mass is 375 g/mol. The van der Waals surface area contributed by atoms with E-state index in [1.54, 1.807) is 0 Å². The molecular weight excluding hydrogens is 359 g/mol. The first kappa shape index (κ1) is 19.1. The van der Waals surface area contributed by atoms with Crippen LogP contribution in [-0.2, 0) is 25.8 Å². The number of para-hydroxylation sites is 1. The normalized spacial score (nSPS) is 13.6. The van der Waals surface area contributed by atoms with Gasteiger partial charge in [0.15, 0.2) is 0 Å². The first-order valence-electron chi connectivity index (χ1n) is 7.41. The molecule has 0 fully saturated rings. The van der Waals surface area contributed by atoms with E-state index in [4.69, 9.17) is 0 Å². The average Bonchev–Trinajstić information content (AvgIpc) is 2.95. The molecular formula is C15H17ClF3N5O. The van der Waals surface area contributed by atoms with Crippen LogP contribution in [0.2, 0.25) is 0 Å². The molecule has 0 aliphatic carbocycles. The zero-order valence-corrected chi connectivity index (χ0v) is 13.9. The lowest BCUT2D eigenvalue weighted by molar-refractivity contribution is -0.136. The van der Waals surface area contributed by atoms with Crippen molar-refractivity contribution in [2.45, 2.75) is 25.8 Å². The van der Waals surface area contributed by atoms with Crippen LogP contribution in [0.15, 0.2) is 30.3 Å². The highest BCUT2D eigenvalue weighted by Crippen LogP contribution is 2.34. The summed E-state index contributed by atoms with van der Waals surface area (Å²) in [6.07, 6.45) is -4.53. The number of halogens is 4. The number of rotatable bonds is 3. The summed E-state index contributed by atoms with van der Waals surface area (Å²) in [5, 5.41) is 12.3. The summed E-state index contributed by atoms with van der Waals surface area (Å²) in [6.45, 7) is 2.43. The zero-order chi connectivity index (χ0) is 17.2. The molecule has 136 valence electrons. The first-order valence-corrected chi connectivity index (χ1v) is 7.41. The lowest BCUT2D eigenvalue weighted by atomic mass is 10.1. The number of carbonyl (C=O) groups is 1. The molecule has 0 spiro atoms. The van der Waals surface area contributed by atoms with Gasteiger partial charge in [0.1, 0.15) is 0 Å². The fraction of sp³-hybridized carbons (Fsp3) is 0.333. The van der Waals surface area contributed by atoms with Crippen molar-refractivity contribution in [1.82, 2.24) is 20.4 Å². The standard InChI is InChI=1S/C15H16F3N5O.ClH/c16-15(17,18)12-3-1-2-4-13(12)21-14(24)20-8-10-7-11-9-19-5-6-23(11)22-10;/h1-4,7,19H,5-6,8-9H2,(H2,20,21,24);1H. The van der Waals surface area contributed by atoms with Crippen LogP contribution >= 0.6 is 12.4 Å². The van der Waals surface area contributed by atoms with Gasteiger partial charge in [0.2, 0.25) is 0 Å². The number of nitrogens with zero attached hydrogens (tertiary/aromatic N) is 2. The van der Waals surface area contributed by atoms with Gasteiger partial charge in [-0.25, -0.2) is 4.79 Å². The van der Waals surface area contributed by atoms with Gasteiger partial charge >= 0.3 is 12.2 Å². The molecule has 2 amide bonds. The van der Waals surface area contributed by atoms with Crippen LogP contribution in [-0.4, -0.2) is 22.4 Å². The van der Waals surface area contributed by atoms with E-state index in [1.165, 1.54) is 18.2 Å². The van der Waals surface area contributed by atoms with Crippen LogP contribution in [0.4, 0.5) is 23.7 Å². The fourth-order valence-corrected chi connectivity index (χ4v) is 2.52. The molecule has 1 aromatic heterocycles. The van der Waals surface area contributed by atoms with Gasteiger partial charge in [-0.15, -0.1) is 12.4 Å². The molecule has 2 heterocycles. The Morgan fingerprint density at radius 2 is 2.08 bits per heavy atom. The van der Waals surface area contributed by atoms with E-state index in [1.807, 2.05) is 10.7 Å². The lowest BCUT2D eigenvalue weighted by Crippen LogP contribution is -2.29. The second-order valence-electron chi connectivity index (χ2n) is 5.38. The Hall–Kier alpha value is -2.26. The first-order chi connectivity index (χ1) is 11.4. The average molecular weight is 376 g/mol. The maximum Gasteiger partial charge on any atom is 0.418 e. The molecule has 3 rings (SSSR count).